The van der Waals surface area contributed by atoms with E-state index in [4.69, 9.17) is 4.74 Å². The Morgan fingerprint density at radius 2 is 1.78 bits per heavy atom. The third-order valence-corrected chi connectivity index (χ3v) is 4.02. The zero-order chi connectivity index (χ0) is 20.0. The minimum atomic E-state index is -0.825. The van der Waals surface area contributed by atoms with Crippen molar-refractivity contribution in [2.75, 3.05) is 7.11 Å². The Morgan fingerprint density at radius 3 is 2.44 bits per heavy atom. The number of ether oxygens (including phenoxy) is 1. The summed E-state index contributed by atoms with van der Waals surface area (Å²) in [5.74, 6) is -0.294. The molecule has 0 bridgehead atoms. The number of para-hydroxylation sites is 1. The molecule has 8 nitrogen and oxygen atoms in total. The number of hydrogen-bond acceptors (Lipinski definition) is 5. The second-order valence-electron chi connectivity index (χ2n) is 5.97. The number of nitro groups is 1. The molecule has 2 aromatic carbocycles. The predicted molar refractivity (Wildman–Crippen MR) is 99.6 cm³/mol. The molecular weight excluding hydrogens is 350 g/mol. The number of methoxy groups -OCH3 is 1. The van der Waals surface area contributed by atoms with Crippen molar-refractivity contribution in [1.29, 1.82) is 0 Å². The molecule has 0 heterocycles. The fourth-order valence-corrected chi connectivity index (χ4v) is 2.55. The average Bonchev–Trinajstić information content (AvgIpc) is 2.67. The summed E-state index contributed by atoms with van der Waals surface area (Å²) >= 11 is 0. The van der Waals surface area contributed by atoms with Crippen LogP contribution in [0.5, 0.6) is 5.75 Å². The molecule has 0 aromatic heterocycles. The van der Waals surface area contributed by atoms with Crippen LogP contribution in [-0.2, 0) is 4.79 Å². The van der Waals surface area contributed by atoms with Crippen LogP contribution in [0.1, 0.15) is 35.8 Å². The van der Waals surface area contributed by atoms with Crippen molar-refractivity contribution in [3.63, 3.8) is 0 Å². The van der Waals surface area contributed by atoms with Gasteiger partial charge in [0.25, 0.3) is 11.6 Å². The summed E-state index contributed by atoms with van der Waals surface area (Å²) in [5.41, 5.74) is 0.733. The molecule has 2 unspecified atom stereocenters. The van der Waals surface area contributed by atoms with Crippen LogP contribution in [-0.4, -0.2) is 29.9 Å². The number of carbonyl (C=O) groups excluding carboxylic acids is 2. The topological polar surface area (TPSA) is 111 Å². The monoisotopic (exact) mass is 371 g/mol. The highest BCUT2D eigenvalue weighted by atomic mass is 16.6. The Labute approximate surface area is 156 Å². The van der Waals surface area contributed by atoms with Gasteiger partial charge in [-0.2, -0.15) is 0 Å². The third-order valence-electron chi connectivity index (χ3n) is 4.02. The van der Waals surface area contributed by atoms with Crippen LogP contribution >= 0.6 is 0 Å². The first kappa shape index (κ1) is 19.9. The minimum absolute atomic E-state index is 0.113. The Balaban J connectivity index is 2.01. The lowest BCUT2D eigenvalue weighted by molar-refractivity contribution is -0.384. The number of amides is 2. The van der Waals surface area contributed by atoms with Gasteiger partial charge in [0.15, 0.2) is 0 Å². The number of rotatable bonds is 7. The maximum atomic E-state index is 12.4. The molecule has 2 atom stereocenters. The Morgan fingerprint density at radius 1 is 1.07 bits per heavy atom. The molecule has 8 heteroatoms. The molecule has 0 spiro atoms. The lowest BCUT2D eigenvalue weighted by atomic mass is 10.1. The quantitative estimate of drug-likeness (QED) is 0.574. The molecule has 0 aliphatic heterocycles. The smallest absolute Gasteiger partial charge is 0.270 e. The number of non-ortho nitro benzene ring substituents is 1. The van der Waals surface area contributed by atoms with Gasteiger partial charge in [-0.3, -0.25) is 19.7 Å². The van der Waals surface area contributed by atoms with Gasteiger partial charge in [0, 0.05) is 23.3 Å². The van der Waals surface area contributed by atoms with E-state index in [1.54, 1.807) is 20.1 Å². The van der Waals surface area contributed by atoms with Crippen LogP contribution < -0.4 is 15.4 Å². The molecule has 0 aliphatic rings. The highest BCUT2D eigenvalue weighted by Crippen LogP contribution is 2.24. The number of nitrogens with one attached hydrogen (secondary N) is 2. The van der Waals surface area contributed by atoms with Crippen LogP contribution in [0, 0.1) is 10.1 Å². The van der Waals surface area contributed by atoms with Crippen LogP contribution in [0.3, 0.4) is 0 Å². The van der Waals surface area contributed by atoms with Gasteiger partial charge in [0.05, 0.1) is 18.1 Å². The average molecular weight is 371 g/mol. The second-order valence-corrected chi connectivity index (χ2v) is 5.97. The van der Waals surface area contributed by atoms with E-state index in [2.05, 4.69) is 10.6 Å². The predicted octanol–water partition coefficient (Wildman–Crippen LogP) is 2.60. The number of carbonyl (C=O) groups is 2. The van der Waals surface area contributed by atoms with Crippen molar-refractivity contribution in [2.45, 2.75) is 25.9 Å². The summed E-state index contributed by atoms with van der Waals surface area (Å²) in [6, 6.07) is 11.5. The zero-order valence-electron chi connectivity index (χ0n) is 15.3. The minimum Gasteiger partial charge on any atom is -0.496 e. The molecule has 0 aliphatic carbocycles. The van der Waals surface area contributed by atoms with E-state index in [1.807, 2.05) is 25.1 Å². The first-order valence-corrected chi connectivity index (χ1v) is 8.32. The van der Waals surface area contributed by atoms with Crippen molar-refractivity contribution in [1.82, 2.24) is 10.6 Å². The van der Waals surface area contributed by atoms with E-state index in [-0.39, 0.29) is 23.2 Å². The number of nitro benzene ring substituents is 1. The van der Waals surface area contributed by atoms with Crippen molar-refractivity contribution < 1.29 is 19.2 Å². The zero-order valence-corrected chi connectivity index (χ0v) is 15.3. The number of hydrogen-bond donors (Lipinski definition) is 2. The summed E-state index contributed by atoms with van der Waals surface area (Å²) in [6.07, 6.45) is 0. The van der Waals surface area contributed by atoms with E-state index >= 15 is 0 Å². The Bertz CT molecular complexity index is 853. The van der Waals surface area contributed by atoms with Gasteiger partial charge in [-0.15, -0.1) is 0 Å². The normalized spacial score (nSPS) is 12.6. The molecule has 0 saturated heterocycles. The van der Waals surface area contributed by atoms with E-state index in [1.165, 1.54) is 18.2 Å². The molecule has 0 radical (unpaired) electrons. The molecule has 2 rings (SSSR count). The summed E-state index contributed by atoms with van der Waals surface area (Å²) < 4.78 is 5.29. The van der Waals surface area contributed by atoms with Crippen molar-refractivity contribution >= 4 is 17.5 Å². The summed E-state index contributed by atoms with van der Waals surface area (Å²) in [4.78, 5) is 34.9. The standard InChI is InChI=1S/C19H21N3O5/c1-12(16-9-4-5-10-17(16)27-3)20-18(23)13(2)21-19(24)14-7-6-8-15(11-14)22(25)26/h4-13H,1-3H3,(H,20,23)(H,21,24). The number of nitrogens with zero attached hydrogens (tertiary/aromatic N) is 1. The maximum Gasteiger partial charge on any atom is 0.270 e. The molecule has 2 N–H and O–H groups in total. The van der Waals surface area contributed by atoms with Gasteiger partial charge in [-0.1, -0.05) is 24.3 Å². The highest BCUT2D eigenvalue weighted by Gasteiger charge is 2.21. The largest absolute Gasteiger partial charge is 0.496 e. The van der Waals surface area contributed by atoms with Crippen LogP contribution in [0.2, 0.25) is 0 Å². The molecular formula is C19H21N3O5. The van der Waals surface area contributed by atoms with Crippen molar-refractivity contribution in [3.8, 4) is 5.75 Å². The molecule has 0 saturated carbocycles. The van der Waals surface area contributed by atoms with Gasteiger partial charge in [-0.05, 0) is 26.0 Å². The van der Waals surface area contributed by atoms with Gasteiger partial charge in [0.2, 0.25) is 5.91 Å². The van der Waals surface area contributed by atoms with Gasteiger partial charge >= 0.3 is 0 Å². The van der Waals surface area contributed by atoms with E-state index in [9.17, 15) is 19.7 Å². The Hall–Kier alpha value is -3.42. The first-order chi connectivity index (χ1) is 12.8. The first-order valence-electron chi connectivity index (χ1n) is 8.32. The summed E-state index contributed by atoms with van der Waals surface area (Å²) in [7, 11) is 1.55. The molecule has 27 heavy (non-hydrogen) atoms. The van der Waals surface area contributed by atoms with Crippen molar-refractivity contribution in [3.05, 3.63) is 69.8 Å². The number of benzene rings is 2. The lowest BCUT2D eigenvalue weighted by Gasteiger charge is -2.20. The Kier molecular flexibility index (Phi) is 6.48. The van der Waals surface area contributed by atoms with Crippen LogP contribution in [0.25, 0.3) is 0 Å². The second kappa shape index (κ2) is 8.79. The van der Waals surface area contributed by atoms with E-state index < -0.39 is 16.9 Å². The SMILES string of the molecule is COc1ccccc1C(C)NC(=O)C(C)NC(=O)c1cccc([N+](=O)[O-])c1. The highest BCUT2D eigenvalue weighted by molar-refractivity contribution is 5.97. The molecule has 2 aromatic rings. The summed E-state index contributed by atoms with van der Waals surface area (Å²) in [5, 5.41) is 16.2. The molecule has 0 fully saturated rings. The van der Waals surface area contributed by atoms with Gasteiger partial charge < -0.3 is 15.4 Å². The van der Waals surface area contributed by atoms with Crippen LogP contribution in [0.4, 0.5) is 5.69 Å². The fourth-order valence-electron chi connectivity index (χ4n) is 2.55. The molecule has 2 amide bonds. The van der Waals surface area contributed by atoms with E-state index in [0.29, 0.717) is 5.75 Å². The van der Waals surface area contributed by atoms with Gasteiger partial charge in [-0.25, -0.2) is 0 Å². The van der Waals surface area contributed by atoms with Crippen molar-refractivity contribution in [2.24, 2.45) is 0 Å². The maximum absolute atomic E-state index is 12.4. The fraction of sp³-hybridized carbons (Fsp3) is 0.263. The van der Waals surface area contributed by atoms with Gasteiger partial charge in [0.1, 0.15) is 11.8 Å². The van der Waals surface area contributed by atoms with Crippen LogP contribution in [0.15, 0.2) is 48.5 Å². The third kappa shape index (κ3) is 5.04. The molecule has 142 valence electrons. The summed E-state index contributed by atoms with van der Waals surface area (Å²) in [6.45, 7) is 3.35. The van der Waals surface area contributed by atoms with E-state index in [0.717, 1.165) is 11.6 Å². The lowest BCUT2D eigenvalue weighted by Crippen LogP contribution is -2.45.